The van der Waals surface area contributed by atoms with Gasteiger partial charge in [0.15, 0.2) is 0 Å². The number of rotatable bonds is 6. The molecule has 0 spiro atoms. The summed E-state index contributed by atoms with van der Waals surface area (Å²) in [6.45, 7) is 7.48. The van der Waals surface area contributed by atoms with Gasteiger partial charge in [0.25, 0.3) is 5.91 Å². The zero-order chi connectivity index (χ0) is 23.6. The summed E-state index contributed by atoms with van der Waals surface area (Å²) in [5, 5.41) is 2.48. The first kappa shape index (κ1) is 24.1. The third kappa shape index (κ3) is 4.91. The lowest BCUT2D eigenvalue weighted by Gasteiger charge is -2.31. The Labute approximate surface area is 193 Å². The molecule has 0 fully saturated rings. The van der Waals surface area contributed by atoms with Crippen LogP contribution in [0.5, 0.6) is 0 Å². The second-order valence-corrected chi connectivity index (χ2v) is 10.1. The number of hydrogen-bond acceptors (Lipinski definition) is 6. The zero-order valence-corrected chi connectivity index (χ0v) is 19.9. The Kier molecular flexibility index (Phi) is 7.14. The van der Waals surface area contributed by atoms with Gasteiger partial charge in [-0.1, -0.05) is 25.4 Å². The Morgan fingerprint density at radius 1 is 1.44 bits per heavy atom. The molecule has 8 nitrogen and oxygen atoms in total. The fraction of sp³-hybridized carbons (Fsp3) is 0.429. The smallest absolute Gasteiger partial charge is 0.275 e. The van der Waals surface area contributed by atoms with Crippen LogP contribution in [0.15, 0.2) is 33.8 Å². The summed E-state index contributed by atoms with van der Waals surface area (Å²) in [5.41, 5.74) is 5.50. The summed E-state index contributed by atoms with van der Waals surface area (Å²) < 4.78 is 31.7. The van der Waals surface area contributed by atoms with Crippen LogP contribution < -0.4 is 11.1 Å². The second-order valence-electron chi connectivity index (χ2n) is 8.11. The van der Waals surface area contributed by atoms with E-state index in [0.717, 1.165) is 0 Å². The molecule has 3 N–H and O–H groups in total. The number of halogens is 2. The van der Waals surface area contributed by atoms with Gasteiger partial charge < -0.3 is 11.1 Å². The lowest BCUT2D eigenvalue weighted by molar-refractivity contribution is 0.102. The summed E-state index contributed by atoms with van der Waals surface area (Å²) >= 11 is 5.91. The molecule has 2 aromatic rings. The second kappa shape index (κ2) is 9.50. The lowest BCUT2D eigenvalue weighted by Crippen LogP contribution is -2.39. The van der Waals surface area contributed by atoms with Crippen LogP contribution in [0.2, 0.25) is 5.02 Å². The van der Waals surface area contributed by atoms with Gasteiger partial charge >= 0.3 is 0 Å². The number of amidine groups is 1. The normalized spacial score (nSPS) is 20.7. The lowest BCUT2D eigenvalue weighted by atomic mass is 9.90. The molecular formula is C21H26ClFN6O2S. The molecule has 3 heterocycles. The summed E-state index contributed by atoms with van der Waals surface area (Å²) in [6, 6.07) is 4.16. The number of aryl methyl sites for hydroxylation is 1. The van der Waals surface area contributed by atoms with Crippen molar-refractivity contribution < 1.29 is 13.4 Å². The average Bonchev–Trinajstić information content (AvgIpc) is 3.15. The minimum absolute atomic E-state index is 0.0508. The molecule has 0 saturated carbocycles. The van der Waals surface area contributed by atoms with Crippen molar-refractivity contribution in [2.75, 3.05) is 11.9 Å². The Hall–Kier alpha value is -2.59. The summed E-state index contributed by atoms with van der Waals surface area (Å²) in [4.78, 5) is 25.7. The number of nitrogens with one attached hydrogen (secondary N) is 1. The highest BCUT2D eigenvalue weighted by Crippen LogP contribution is 2.37. The molecular weight excluding hydrogens is 455 g/mol. The fourth-order valence-corrected chi connectivity index (χ4v) is 5.16. The van der Waals surface area contributed by atoms with Crippen molar-refractivity contribution in [1.29, 1.82) is 0 Å². The van der Waals surface area contributed by atoms with E-state index in [4.69, 9.17) is 17.3 Å². The van der Waals surface area contributed by atoms with Gasteiger partial charge in [-0.3, -0.25) is 14.0 Å². The molecule has 3 atom stereocenters. The van der Waals surface area contributed by atoms with Crippen molar-refractivity contribution in [2.24, 2.45) is 21.0 Å². The van der Waals surface area contributed by atoms with Crippen LogP contribution >= 0.6 is 11.6 Å². The predicted molar refractivity (Wildman–Crippen MR) is 125 cm³/mol. The van der Waals surface area contributed by atoms with Crippen LogP contribution in [0.1, 0.15) is 48.9 Å². The highest BCUT2D eigenvalue weighted by molar-refractivity contribution is 7.75. The molecule has 32 heavy (non-hydrogen) atoms. The summed E-state index contributed by atoms with van der Waals surface area (Å²) in [5.74, 6) is -0.855. The number of nitrogens with two attached hydrogens (primary N) is 1. The first-order valence-electron chi connectivity index (χ1n) is 10.1. The van der Waals surface area contributed by atoms with Crippen LogP contribution in [0, 0.1) is 18.7 Å². The number of amides is 1. The Morgan fingerprint density at radius 3 is 2.75 bits per heavy atom. The minimum Gasteiger partial charge on any atom is -0.387 e. The number of hydrogen-bond donors (Lipinski definition) is 3. The molecule has 0 saturated heterocycles. The maximum atomic E-state index is 15.0. The number of thiol groups is 1. The average molecular weight is 481 g/mol. The van der Waals surface area contributed by atoms with Crippen molar-refractivity contribution in [2.45, 2.75) is 44.9 Å². The standard InChI is InChI=1S/C21H26ClFN6O2S/c1-11(2)19(24)29-21(4,15-7-8-26-32(15)31)18-14(23)5-6-16(27-18)28-20(30)17-12(3)9-13(22)10-25-17/h5-6,9-11,15,32H,7-8H2,1-4H3,(H2,24,29)(H,27,28,30)/t15-,21+/m1/s1. The Morgan fingerprint density at radius 2 is 2.16 bits per heavy atom. The van der Waals surface area contributed by atoms with E-state index in [1.807, 2.05) is 13.8 Å². The van der Waals surface area contributed by atoms with E-state index < -0.39 is 33.1 Å². The van der Waals surface area contributed by atoms with Crippen molar-refractivity contribution in [3.63, 3.8) is 0 Å². The number of anilines is 1. The van der Waals surface area contributed by atoms with E-state index in [1.165, 1.54) is 18.3 Å². The van der Waals surface area contributed by atoms with Gasteiger partial charge in [0.2, 0.25) is 0 Å². The Bertz CT molecular complexity index is 1160. The first-order chi connectivity index (χ1) is 15.0. The van der Waals surface area contributed by atoms with Crippen LogP contribution in [0.25, 0.3) is 0 Å². The van der Waals surface area contributed by atoms with E-state index in [0.29, 0.717) is 29.4 Å². The molecule has 0 bridgehead atoms. The predicted octanol–water partition coefficient (Wildman–Crippen LogP) is 3.50. The highest BCUT2D eigenvalue weighted by atomic mass is 35.5. The third-order valence-corrected chi connectivity index (χ3v) is 7.32. The van der Waals surface area contributed by atoms with Crippen molar-refractivity contribution in [1.82, 2.24) is 9.97 Å². The van der Waals surface area contributed by atoms with Gasteiger partial charge in [-0.25, -0.2) is 18.7 Å². The molecule has 0 aromatic carbocycles. The van der Waals surface area contributed by atoms with E-state index >= 15 is 4.39 Å². The van der Waals surface area contributed by atoms with Crippen molar-refractivity contribution in [3.8, 4) is 0 Å². The maximum absolute atomic E-state index is 15.0. The van der Waals surface area contributed by atoms with Crippen molar-refractivity contribution in [3.05, 3.63) is 52.2 Å². The molecule has 1 aliphatic heterocycles. The SMILES string of the molecule is Cc1cc(Cl)cnc1C(=O)Nc1ccc(F)c([C@@](C)(/N=C(/N)C(C)C)[C@H]2CCN=[SH]2=O)n1. The van der Waals surface area contributed by atoms with Crippen LogP contribution in [0.3, 0.4) is 0 Å². The number of aromatic nitrogens is 2. The molecule has 2 aromatic heterocycles. The van der Waals surface area contributed by atoms with Gasteiger partial charge in [0, 0.05) is 29.3 Å². The summed E-state index contributed by atoms with van der Waals surface area (Å²) in [7, 11) is -1.98. The monoisotopic (exact) mass is 480 g/mol. The third-order valence-electron chi connectivity index (χ3n) is 5.34. The van der Waals surface area contributed by atoms with Crippen LogP contribution in [0.4, 0.5) is 10.2 Å². The fourth-order valence-electron chi connectivity index (χ4n) is 3.49. The topological polar surface area (TPSA) is 123 Å². The molecule has 1 amide bonds. The largest absolute Gasteiger partial charge is 0.387 e. The Balaban J connectivity index is 2.04. The summed E-state index contributed by atoms with van der Waals surface area (Å²) in [6.07, 6.45) is 1.83. The number of carbonyl (C=O) groups excluding carboxylic acids is 1. The van der Waals surface area contributed by atoms with E-state index in [2.05, 4.69) is 24.6 Å². The number of nitrogens with zero attached hydrogens (tertiary/aromatic N) is 4. The molecule has 1 unspecified atom stereocenters. The van der Waals surface area contributed by atoms with E-state index in [1.54, 1.807) is 19.9 Å². The zero-order valence-electron chi connectivity index (χ0n) is 18.3. The van der Waals surface area contributed by atoms with Crippen LogP contribution in [-0.2, 0) is 16.1 Å². The number of pyridine rings is 2. The van der Waals surface area contributed by atoms with E-state index in [9.17, 15) is 9.00 Å². The van der Waals surface area contributed by atoms with Gasteiger partial charge in [-0.2, -0.15) is 0 Å². The maximum Gasteiger partial charge on any atom is 0.275 e. The molecule has 1 aliphatic rings. The first-order valence-corrected chi connectivity index (χ1v) is 11.8. The number of carbonyl (C=O) groups is 1. The minimum atomic E-state index is -1.98. The molecule has 0 radical (unpaired) electrons. The van der Waals surface area contributed by atoms with Crippen molar-refractivity contribution >= 4 is 39.8 Å². The van der Waals surface area contributed by atoms with Gasteiger partial charge in [0.05, 0.1) is 16.1 Å². The molecule has 11 heteroatoms. The quantitative estimate of drug-likeness (QED) is 0.332. The van der Waals surface area contributed by atoms with E-state index in [-0.39, 0.29) is 23.1 Å². The van der Waals surface area contributed by atoms with Crippen LogP contribution in [-0.4, -0.2) is 37.7 Å². The van der Waals surface area contributed by atoms with Gasteiger partial charge in [-0.05, 0) is 44.0 Å². The van der Waals surface area contributed by atoms with Gasteiger partial charge in [0.1, 0.15) is 28.6 Å². The molecule has 3 rings (SSSR count). The molecule has 172 valence electrons. The highest BCUT2D eigenvalue weighted by Gasteiger charge is 2.43. The number of aliphatic imine (C=N–C) groups is 1. The van der Waals surface area contributed by atoms with Gasteiger partial charge in [-0.15, -0.1) is 0 Å². The molecule has 0 aliphatic carbocycles.